The predicted molar refractivity (Wildman–Crippen MR) is 69.4 cm³/mol. The van der Waals surface area contributed by atoms with Crippen molar-refractivity contribution >= 4 is 34.2 Å². The van der Waals surface area contributed by atoms with Gasteiger partial charge >= 0.3 is 0 Å². The number of rotatable bonds is 0. The lowest BCUT2D eigenvalue weighted by Crippen LogP contribution is -2.31. The molecule has 3 rings (SSSR count). The first-order chi connectivity index (χ1) is 7.68. The van der Waals surface area contributed by atoms with Gasteiger partial charge in [0.05, 0.1) is 6.04 Å². The molecule has 0 aromatic heterocycles. The van der Waals surface area contributed by atoms with Gasteiger partial charge in [-0.25, -0.2) is 0 Å². The lowest BCUT2D eigenvalue weighted by atomic mass is 10.1. The molecule has 0 spiro atoms. The molecule has 0 N–H and O–H groups in total. The first kappa shape index (κ1) is 10.3. The molecular weight excluding hydrogens is 238 g/mol. The summed E-state index contributed by atoms with van der Waals surface area (Å²) in [5.41, 5.74) is 2.63. The fourth-order valence-corrected chi connectivity index (χ4v) is 4.46. The largest absolute Gasteiger partial charge is 0.289 e. The van der Waals surface area contributed by atoms with Crippen LogP contribution in [0, 0.1) is 0 Å². The zero-order valence-corrected chi connectivity index (χ0v) is 10.5. The van der Waals surface area contributed by atoms with Crippen LogP contribution in [0.5, 0.6) is 0 Å². The second-order valence-corrected chi connectivity index (χ2v) is 6.03. The zero-order valence-electron chi connectivity index (χ0n) is 8.84. The van der Waals surface area contributed by atoms with Gasteiger partial charge in [-0.1, -0.05) is 48.2 Å². The maximum absolute atomic E-state index is 11.6. The molecule has 82 valence electrons. The van der Waals surface area contributed by atoms with Crippen LogP contribution in [0.2, 0.25) is 0 Å². The average Bonchev–Trinajstić information content (AvgIpc) is 2.71. The van der Waals surface area contributed by atoms with E-state index in [9.17, 15) is 4.79 Å². The number of thioether (sulfide) groups is 1. The van der Waals surface area contributed by atoms with Gasteiger partial charge in [0.25, 0.3) is 0 Å². The van der Waals surface area contributed by atoms with Gasteiger partial charge in [-0.15, -0.1) is 0 Å². The molecule has 1 fully saturated rings. The smallest absolute Gasteiger partial charge is 0.225 e. The average molecular weight is 249 g/mol. The van der Waals surface area contributed by atoms with Gasteiger partial charge in [0.1, 0.15) is 4.32 Å². The molecule has 1 unspecified atom stereocenters. The number of thiocarbonyl (C=S) groups is 1. The third kappa shape index (κ3) is 1.33. The van der Waals surface area contributed by atoms with E-state index in [1.165, 1.54) is 11.1 Å². The van der Waals surface area contributed by atoms with Crippen molar-refractivity contribution in [2.24, 2.45) is 0 Å². The fourth-order valence-electron chi connectivity index (χ4n) is 2.57. The highest BCUT2D eigenvalue weighted by Gasteiger charge is 2.45. The topological polar surface area (TPSA) is 20.3 Å². The van der Waals surface area contributed by atoms with Crippen LogP contribution < -0.4 is 0 Å². The van der Waals surface area contributed by atoms with E-state index in [0.717, 1.165) is 10.7 Å². The summed E-state index contributed by atoms with van der Waals surface area (Å²) in [7, 11) is 0. The second kappa shape index (κ2) is 3.57. The molecule has 1 aromatic carbocycles. The molecule has 0 bridgehead atoms. The van der Waals surface area contributed by atoms with Crippen LogP contribution in [0.25, 0.3) is 0 Å². The third-order valence-corrected chi connectivity index (χ3v) is 4.82. The van der Waals surface area contributed by atoms with Crippen molar-refractivity contribution in [1.82, 2.24) is 4.90 Å². The van der Waals surface area contributed by atoms with Crippen LogP contribution in [-0.2, 0) is 11.2 Å². The minimum absolute atomic E-state index is 0.0571. The SMILES string of the molecule is CC(=O)N1C(=S)S[C@@H]2Cc3ccccc3C21. The summed E-state index contributed by atoms with van der Waals surface area (Å²) in [6, 6.07) is 8.53. The highest BCUT2D eigenvalue weighted by atomic mass is 32.2. The minimum Gasteiger partial charge on any atom is -0.289 e. The summed E-state index contributed by atoms with van der Waals surface area (Å²) >= 11 is 6.93. The zero-order chi connectivity index (χ0) is 11.3. The number of hydrogen-bond donors (Lipinski definition) is 0. The third-order valence-electron chi connectivity index (χ3n) is 3.21. The predicted octanol–water partition coefficient (Wildman–Crippen LogP) is 2.53. The molecular formula is C12H11NOS2. The number of fused-ring (bicyclic) bond motifs is 3. The summed E-state index contributed by atoms with van der Waals surface area (Å²) in [6.45, 7) is 1.59. The highest BCUT2D eigenvalue weighted by Crippen LogP contribution is 2.49. The Morgan fingerprint density at radius 2 is 2.25 bits per heavy atom. The van der Waals surface area contributed by atoms with Crippen LogP contribution in [0.3, 0.4) is 0 Å². The monoisotopic (exact) mass is 249 g/mol. The molecule has 1 aliphatic heterocycles. The molecule has 1 amide bonds. The first-order valence-corrected chi connectivity index (χ1v) is 6.55. The molecule has 2 nitrogen and oxygen atoms in total. The van der Waals surface area contributed by atoms with Crippen LogP contribution in [0.15, 0.2) is 24.3 Å². The number of nitrogens with zero attached hydrogens (tertiary/aromatic N) is 1. The minimum atomic E-state index is 0.0571. The van der Waals surface area contributed by atoms with E-state index in [-0.39, 0.29) is 11.9 Å². The lowest BCUT2D eigenvalue weighted by molar-refractivity contribution is -0.126. The first-order valence-electron chi connectivity index (χ1n) is 5.26. The summed E-state index contributed by atoms with van der Waals surface area (Å²) in [6.07, 6.45) is 1.02. The highest BCUT2D eigenvalue weighted by molar-refractivity contribution is 8.23. The van der Waals surface area contributed by atoms with E-state index in [4.69, 9.17) is 12.2 Å². The van der Waals surface area contributed by atoms with Gasteiger partial charge in [-0.2, -0.15) is 0 Å². The molecule has 4 heteroatoms. The van der Waals surface area contributed by atoms with Crippen molar-refractivity contribution in [3.05, 3.63) is 35.4 Å². The van der Waals surface area contributed by atoms with E-state index in [1.54, 1.807) is 23.6 Å². The second-order valence-electron chi connectivity index (χ2n) is 4.16. The Hall–Kier alpha value is -0.870. The molecule has 2 aliphatic rings. The van der Waals surface area contributed by atoms with Gasteiger partial charge in [0, 0.05) is 12.2 Å². The molecule has 1 aromatic rings. The number of carbonyl (C=O) groups excluding carboxylic acids is 1. The van der Waals surface area contributed by atoms with Crippen LogP contribution in [0.1, 0.15) is 24.1 Å². The molecule has 1 heterocycles. The van der Waals surface area contributed by atoms with Crippen molar-refractivity contribution in [3.63, 3.8) is 0 Å². The Balaban J connectivity index is 2.08. The summed E-state index contributed by atoms with van der Waals surface area (Å²) < 4.78 is 0.733. The Morgan fingerprint density at radius 1 is 1.50 bits per heavy atom. The number of carbonyl (C=O) groups is 1. The van der Waals surface area contributed by atoms with Crippen molar-refractivity contribution in [3.8, 4) is 0 Å². The van der Waals surface area contributed by atoms with E-state index in [1.807, 2.05) is 6.07 Å². The molecule has 2 atom stereocenters. The van der Waals surface area contributed by atoms with E-state index < -0.39 is 0 Å². The maximum atomic E-state index is 11.6. The fraction of sp³-hybridized carbons (Fsp3) is 0.333. The molecule has 1 aliphatic carbocycles. The van der Waals surface area contributed by atoms with E-state index >= 15 is 0 Å². The molecule has 0 radical (unpaired) electrons. The van der Waals surface area contributed by atoms with E-state index in [0.29, 0.717) is 5.25 Å². The van der Waals surface area contributed by atoms with Crippen LogP contribution in [0.4, 0.5) is 0 Å². The van der Waals surface area contributed by atoms with Gasteiger partial charge in [-0.3, -0.25) is 9.69 Å². The lowest BCUT2D eigenvalue weighted by Gasteiger charge is -2.22. The molecule has 0 saturated carbocycles. The normalized spacial score (nSPS) is 26.8. The number of amides is 1. The maximum Gasteiger partial charge on any atom is 0.225 e. The van der Waals surface area contributed by atoms with Gasteiger partial charge in [0.15, 0.2) is 0 Å². The molecule has 1 saturated heterocycles. The van der Waals surface area contributed by atoms with Gasteiger partial charge in [-0.05, 0) is 17.5 Å². The number of benzene rings is 1. The van der Waals surface area contributed by atoms with Gasteiger partial charge in [0.2, 0.25) is 5.91 Å². The summed E-state index contributed by atoms with van der Waals surface area (Å²) in [5.74, 6) is 0.0571. The Labute approximate surface area is 104 Å². The Bertz CT molecular complexity index is 486. The molecule has 16 heavy (non-hydrogen) atoms. The standard InChI is InChI=1S/C12H11NOS2/c1-7(14)13-11-9-5-3-2-4-8(9)6-10(11)16-12(13)15/h2-5,10-11H,6H2,1H3/t10-,11?/m1/s1. The Kier molecular flexibility index (Phi) is 2.30. The van der Waals surface area contributed by atoms with Crippen molar-refractivity contribution < 1.29 is 4.79 Å². The number of hydrogen-bond acceptors (Lipinski definition) is 3. The van der Waals surface area contributed by atoms with Crippen LogP contribution >= 0.6 is 24.0 Å². The summed E-state index contributed by atoms with van der Waals surface area (Å²) in [5, 5.41) is 0.425. The van der Waals surface area contributed by atoms with Crippen molar-refractivity contribution in [2.75, 3.05) is 0 Å². The van der Waals surface area contributed by atoms with Crippen molar-refractivity contribution in [2.45, 2.75) is 24.6 Å². The van der Waals surface area contributed by atoms with Crippen molar-refractivity contribution in [1.29, 1.82) is 0 Å². The summed E-state index contributed by atoms with van der Waals surface area (Å²) in [4.78, 5) is 13.4. The quantitative estimate of drug-likeness (QED) is 0.659. The van der Waals surface area contributed by atoms with E-state index in [2.05, 4.69) is 18.2 Å². The Morgan fingerprint density at radius 3 is 3.00 bits per heavy atom. The van der Waals surface area contributed by atoms with Crippen LogP contribution in [-0.4, -0.2) is 20.4 Å². The van der Waals surface area contributed by atoms with Gasteiger partial charge < -0.3 is 0 Å².